The first-order valence-corrected chi connectivity index (χ1v) is 8.41. The molecule has 2 aromatic carbocycles. The van der Waals surface area contributed by atoms with Crippen molar-refractivity contribution in [2.75, 3.05) is 0 Å². The van der Waals surface area contributed by atoms with Crippen LogP contribution in [-0.4, -0.2) is 10.9 Å². The van der Waals surface area contributed by atoms with Crippen LogP contribution in [0.25, 0.3) is 11.1 Å². The van der Waals surface area contributed by atoms with E-state index in [1.807, 2.05) is 24.3 Å². The number of para-hydroxylation sites is 2. The molecule has 1 aromatic heterocycles. The van der Waals surface area contributed by atoms with Crippen molar-refractivity contribution in [2.24, 2.45) is 5.92 Å². The van der Waals surface area contributed by atoms with E-state index in [1.165, 1.54) is 6.07 Å². The highest BCUT2D eigenvalue weighted by atomic mass is 19.1. The summed E-state index contributed by atoms with van der Waals surface area (Å²) in [5.41, 5.74) is 1.82. The molecule has 0 bridgehead atoms. The topological polar surface area (TPSA) is 55.1 Å². The highest BCUT2D eigenvalue weighted by Crippen LogP contribution is 2.25. The largest absolute Gasteiger partial charge is 0.438 e. The van der Waals surface area contributed by atoms with Crippen LogP contribution in [0.5, 0.6) is 0 Å². The fourth-order valence-corrected chi connectivity index (χ4v) is 2.79. The van der Waals surface area contributed by atoms with Crippen LogP contribution in [-0.2, 0) is 11.2 Å². The van der Waals surface area contributed by atoms with Gasteiger partial charge in [0.2, 0.25) is 11.8 Å². The van der Waals surface area contributed by atoms with Crippen molar-refractivity contribution >= 4 is 17.0 Å². The Balaban J connectivity index is 1.78. The summed E-state index contributed by atoms with van der Waals surface area (Å²) in [6.07, 6.45) is 0.678. The van der Waals surface area contributed by atoms with Crippen molar-refractivity contribution in [1.29, 1.82) is 0 Å². The molecule has 1 N–H and O–H groups in total. The van der Waals surface area contributed by atoms with E-state index < -0.39 is 0 Å². The van der Waals surface area contributed by atoms with Gasteiger partial charge in [-0.2, -0.15) is 0 Å². The van der Waals surface area contributed by atoms with Crippen LogP contribution < -0.4 is 5.32 Å². The van der Waals surface area contributed by atoms with Gasteiger partial charge in [0, 0.05) is 0 Å². The van der Waals surface area contributed by atoms with Gasteiger partial charge in [-0.05, 0) is 36.1 Å². The molecule has 0 aliphatic carbocycles. The molecular formula is C20H21FN2O2. The number of benzene rings is 2. The highest BCUT2D eigenvalue weighted by Gasteiger charge is 2.22. The van der Waals surface area contributed by atoms with Crippen molar-refractivity contribution in [3.63, 3.8) is 0 Å². The van der Waals surface area contributed by atoms with Crippen molar-refractivity contribution < 1.29 is 13.6 Å². The Hall–Kier alpha value is -2.69. The van der Waals surface area contributed by atoms with Crippen molar-refractivity contribution in [3.8, 4) is 0 Å². The molecule has 3 aromatic rings. The lowest BCUT2D eigenvalue weighted by molar-refractivity contribution is -0.121. The minimum Gasteiger partial charge on any atom is -0.438 e. The number of halogens is 1. The van der Waals surface area contributed by atoms with E-state index in [0.717, 1.165) is 5.52 Å². The van der Waals surface area contributed by atoms with E-state index in [9.17, 15) is 9.18 Å². The number of carbonyl (C=O) groups excluding carboxylic acids is 1. The number of carbonyl (C=O) groups is 1. The van der Waals surface area contributed by atoms with Crippen molar-refractivity contribution in [1.82, 2.24) is 10.3 Å². The summed E-state index contributed by atoms with van der Waals surface area (Å²) < 4.78 is 19.6. The molecule has 130 valence electrons. The quantitative estimate of drug-likeness (QED) is 0.723. The van der Waals surface area contributed by atoms with Crippen LogP contribution in [0.3, 0.4) is 0 Å². The zero-order chi connectivity index (χ0) is 17.8. The van der Waals surface area contributed by atoms with Gasteiger partial charge in [0.25, 0.3) is 0 Å². The summed E-state index contributed by atoms with van der Waals surface area (Å²) >= 11 is 0. The third kappa shape index (κ3) is 4.24. The van der Waals surface area contributed by atoms with E-state index in [-0.39, 0.29) is 24.2 Å². The number of rotatable bonds is 6. The first kappa shape index (κ1) is 17.1. The fourth-order valence-electron chi connectivity index (χ4n) is 2.79. The van der Waals surface area contributed by atoms with Gasteiger partial charge in [0.1, 0.15) is 17.4 Å². The summed E-state index contributed by atoms with van der Waals surface area (Å²) in [4.78, 5) is 16.9. The molecular weight excluding hydrogens is 319 g/mol. The Morgan fingerprint density at radius 1 is 1.16 bits per heavy atom. The smallest absolute Gasteiger partial charge is 0.225 e. The summed E-state index contributed by atoms with van der Waals surface area (Å²) in [5, 5.41) is 2.94. The Morgan fingerprint density at radius 3 is 2.60 bits per heavy atom. The molecule has 0 aliphatic heterocycles. The molecule has 0 radical (unpaired) electrons. The molecule has 1 heterocycles. The van der Waals surface area contributed by atoms with Crippen LogP contribution in [0.1, 0.15) is 37.8 Å². The fraction of sp³-hybridized carbons (Fsp3) is 0.300. The zero-order valence-electron chi connectivity index (χ0n) is 14.3. The summed E-state index contributed by atoms with van der Waals surface area (Å²) in [6, 6.07) is 13.4. The predicted molar refractivity (Wildman–Crippen MR) is 94.5 cm³/mol. The predicted octanol–water partition coefficient (Wildman–Crippen LogP) is 4.41. The van der Waals surface area contributed by atoms with Crippen LogP contribution in [0.4, 0.5) is 4.39 Å². The summed E-state index contributed by atoms with van der Waals surface area (Å²) in [6.45, 7) is 4.14. The summed E-state index contributed by atoms with van der Waals surface area (Å²) in [7, 11) is 0. The lowest BCUT2D eigenvalue weighted by Crippen LogP contribution is -2.31. The number of amides is 1. The number of hydrogen-bond donors (Lipinski definition) is 1. The third-order valence-electron chi connectivity index (χ3n) is 3.96. The minimum atomic E-state index is -0.375. The second-order valence-electron chi connectivity index (χ2n) is 6.54. The van der Waals surface area contributed by atoms with Gasteiger partial charge in [-0.1, -0.05) is 44.2 Å². The minimum absolute atomic E-state index is 0.0124. The average molecular weight is 340 g/mol. The first-order chi connectivity index (χ1) is 12.0. The van der Waals surface area contributed by atoms with E-state index >= 15 is 0 Å². The maximum absolute atomic E-state index is 13.7. The monoisotopic (exact) mass is 340 g/mol. The standard InChI is InChI=1S/C20H21FN2O2/c1-13(2)11-17(20-23-16-9-5-6-10-18(16)25-20)22-19(24)12-14-7-3-4-8-15(14)21/h3-10,13,17H,11-12H2,1-2H3,(H,22,24)/t17-/m1/s1. The zero-order valence-corrected chi connectivity index (χ0v) is 14.3. The lowest BCUT2D eigenvalue weighted by Gasteiger charge is -2.17. The molecule has 1 atom stereocenters. The second-order valence-corrected chi connectivity index (χ2v) is 6.54. The van der Waals surface area contributed by atoms with Gasteiger partial charge in [0.05, 0.1) is 6.42 Å². The summed E-state index contributed by atoms with van der Waals surface area (Å²) in [5.74, 6) is 0.198. The molecule has 1 amide bonds. The number of hydrogen-bond acceptors (Lipinski definition) is 3. The Kier molecular flexibility index (Phi) is 5.12. The number of fused-ring (bicyclic) bond motifs is 1. The molecule has 0 saturated carbocycles. The van der Waals surface area contributed by atoms with Gasteiger partial charge in [-0.15, -0.1) is 0 Å². The molecule has 4 nitrogen and oxygen atoms in total. The molecule has 0 aliphatic rings. The molecule has 0 spiro atoms. The Morgan fingerprint density at radius 2 is 1.88 bits per heavy atom. The van der Waals surface area contributed by atoms with Gasteiger partial charge in [0.15, 0.2) is 5.58 Å². The first-order valence-electron chi connectivity index (χ1n) is 8.41. The number of nitrogens with one attached hydrogen (secondary N) is 1. The normalized spacial score (nSPS) is 12.5. The number of oxazole rings is 1. The SMILES string of the molecule is CC(C)C[C@@H](NC(=O)Cc1ccccc1F)c1nc2ccccc2o1. The van der Waals surface area contributed by atoms with Crippen LogP contribution in [0.15, 0.2) is 52.9 Å². The van der Waals surface area contributed by atoms with Gasteiger partial charge in [-0.3, -0.25) is 4.79 Å². The number of aromatic nitrogens is 1. The van der Waals surface area contributed by atoms with E-state index in [1.54, 1.807) is 18.2 Å². The molecule has 25 heavy (non-hydrogen) atoms. The van der Waals surface area contributed by atoms with E-state index in [2.05, 4.69) is 24.1 Å². The molecule has 0 saturated heterocycles. The van der Waals surface area contributed by atoms with Crippen molar-refractivity contribution in [3.05, 3.63) is 65.8 Å². The number of nitrogens with zero attached hydrogens (tertiary/aromatic N) is 1. The second kappa shape index (κ2) is 7.47. The van der Waals surface area contributed by atoms with Gasteiger partial charge >= 0.3 is 0 Å². The Bertz CT molecular complexity index is 840. The maximum Gasteiger partial charge on any atom is 0.225 e. The molecule has 3 rings (SSSR count). The molecule has 5 heteroatoms. The van der Waals surface area contributed by atoms with Crippen LogP contribution >= 0.6 is 0 Å². The third-order valence-corrected chi connectivity index (χ3v) is 3.96. The van der Waals surface area contributed by atoms with E-state index in [0.29, 0.717) is 29.4 Å². The Labute approximate surface area is 146 Å². The highest BCUT2D eigenvalue weighted by molar-refractivity contribution is 5.79. The average Bonchev–Trinajstić information content (AvgIpc) is 3.00. The van der Waals surface area contributed by atoms with Gasteiger partial charge in [-0.25, -0.2) is 9.37 Å². The van der Waals surface area contributed by atoms with Crippen molar-refractivity contribution in [2.45, 2.75) is 32.7 Å². The lowest BCUT2D eigenvalue weighted by atomic mass is 10.0. The molecule has 0 unspecified atom stereocenters. The van der Waals surface area contributed by atoms with Crippen LogP contribution in [0, 0.1) is 11.7 Å². The molecule has 0 fully saturated rings. The van der Waals surface area contributed by atoms with Crippen LogP contribution in [0.2, 0.25) is 0 Å². The van der Waals surface area contributed by atoms with E-state index in [4.69, 9.17) is 4.42 Å². The van der Waals surface area contributed by atoms with Gasteiger partial charge < -0.3 is 9.73 Å². The maximum atomic E-state index is 13.7.